The fraction of sp³-hybridized carbons (Fsp3) is 0.938. The van der Waals surface area contributed by atoms with E-state index < -0.39 is 0 Å². The minimum atomic E-state index is 0. The maximum atomic E-state index is 4.80. The predicted octanol–water partition coefficient (Wildman–Crippen LogP) is 3.18. The lowest BCUT2D eigenvalue weighted by Crippen LogP contribution is -2.43. The highest BCUT2D eigenvalue weighted by atomic mass is 127. The molecule has 1 heterocycles. The van der Waals surface area contributed by atoms with Gasteiger partial charge in [0.25, 0.3) is 0 Å². The van der Waals surface area contributed by atoms with Crippen molar-refractivity contribution in [2.75, 3.05) is 44.7 Å². The normalized spacial score (nSPS) is 19.6. The summed E-state index contributed by atoms with van der Waals surface area (Å²) in [6.07, 6.45) is 8.67. The van der Waals surface area contributed by atoms with Crippen LogP contribution in [0.1, 0.15) is 46.0 Å². The summed E-state index contributed by atoms with van der Waals surface area (Å²) in [7, 11) is 0. The summed E-state index contributed by atoms with van der Waals surface area (Å²) < 4.78 is 0. The lowest BCUT2D eigenvalue weighted by atomic mass is 10.0. The van der Waals surface area contributed by atoms with Crippen molar-refractivity contribution in [2.24, 2.45) is 4.99 Å². The Bertz CT molecular complexity index is 289. The van der Waals surface area contributed by atoms with Crippen molar-refractivity contribution in [2.45, 2.75) is 52.0 Å². The number of hydrogen-bond donors (Lipinski definition) is 2. The number of nitrogens with zero attached hydrogens (tertiary/aromatic N) is 2. The highest BCUT2D eigenvalue weighted by Gasteiger charge is 2.20. The smallest absolute Gasteiger partial charge is 0.191 e. The number of likely N-dealkylation sites (tertiary alicyclic amines) is 1. The minimum Gasteiger partial charge on any atom is -0.357 e. The van der Waals surface area contributed by atoms with Crippen LogP contribution in [-0.4, -0.2) is 61.6 Å². The summed E-state index contributed by atoms with van der Waals surface area (Å²) in [6, 6.07) is 0.635. The third kappa shape index (κ3) is 9.45. The second-order valence-electron chi connectivity index (χ2n) is 5.62. The molecule has 1 saturated heterocycles. The summed E-state index contributed by atoms with van der Waals surface area (Å²) >= 11 is 1.92. The van der Waals surface area contributed by atoms with Crippen molar-refractivity contribution in [3.8, 4) is 0 Å². The van der Waals surface area contributed by atoms with Crippen LogP contribution in [0.3, 0.4) is 0 Å². The van der Waals surface area contributed by atoms with Gasteiger partial charge >= 0.3 is 0 Å². The molecule has 0 saturated carbocycles. The van der Waals surface area contributed by atoms with Crippen LogP contribution >= 0.6 is 35.7 Å². The van der Waals surface area contributed by atoms with Crippen LogP contribution in [0.15, 0.2) is 4.99 Å². The molecule has 0 amide bonds. The SMILES string of the molecule is CCNC(=NCC1CCCCN1CC)NCCCCSC.I. The van der Waals surface area contributed by atoms with E-state index in [0.29, 0.717) is 6.04 Å². The Kier molecular flexibility index (Phi) is 15.1. The van der Waals surface area contributed by atoms with Crippen molar-refractivity contribution >= 4 is 41.7 Å². The van der Waals surface area contributed by atoms with Gasteiger partial charge in [-0.05, 0) is 57.7 Å². The van der Waals surface area contributed by atoms with E-state index in [2.05, 4.69) is 35.6 Å². The molecule has 0 aromatic heterocycles. The summed E-state index contributed by atoms with van der Waals surface area (Å²) in [5, 5.41) is 6.82. The van der Waals surface area contributed by atoms with Crippen LogP contribution in [0.25, 0.3) is 0 Å². The van der Waals surface area contributed by atoms with Gasteiger partial charge in [0.15, 0.2) is 5.96 Å². The topological polar surface area (TPSA) is 39.7 Å². The Hall–Kier alpha value is 0.310. The molecule has 0 aromatic carbocycles. The molecular weight excluding hydrogens is 407 g/mol. The van der Waals surface area contributed by atoms with Crippen LogP contribution in [-0.2, 0) is 0 Å². The van der Waals surface area contributed by atoms with Crippen LogP contribution in [0.2, 0.25) is 0 Å². The van der Waals surface area contributed by atoms with Gasteiger partial charge < -0.3 is 10.6 Å². The van der Waals surface area contributed by atoms with Crippen LogP contribution in [0.5, 0.6) is 0 Å². The van der Waals surface area contributed by atoms with Crippen LogP contribution in [0, 0.1) is 0 Å². The summed E-state index contributed by atoms with van der Waals surface area (Å²) in [5.74, 6) is 2.24. The standard InChI is InChI=1S/C16H34N4S.HI/c1-4-17-16(18-11-7-9-13-21-3)19-14-15-10-6-8-12-20(15)5-2;/h15H,4-14H2,1-3H3,(H2,17,18,19);1H. The lowest BCUT2D eigenvalue weighted by Gasteiger charge is -2.33. The van der Waals surface area contributed by atoms with E-state index in [9.17, 15) is 0 Å². The van der Waals surface area contributed by atoms with Gasteiger partial charge in [0.2, 0.25) is 0 Å². The van der Waals surface area contributed by atoms with Crippen LogP contribution in [0.4, 0.5) is 0 Å². The number of unbranched alkanes of at least 4 members (excludes halogenated alkanes) is 1. The Morgan fingerprint density at radius 2 is 2.05 bits per heavy atom. The monoisotopic (exact) mass is 442 g/mol. The predicted molar refractivity (Wildman–Crippen MR) is 112 cm³/mol. The van der Waals surface area contributed by atoms with Crippen LogP contribution < -0.4 is 10.6 Å². The molecule has 4 nitrogen and oxygen atoms in total. The molecule has 1 fully saturated rings. The van der Waals surface area contributed by atoms with Gasteiger partial charge in [0.05, 0.1) is 6.54 Å². The number of guanidine groups is 1. The van der Waals surface area contributed by atoms with E-state index in [1.54, 1.807) is 0 Å². The maximum absolute atomic E-state index is 4.80. The highest BCUT2D eigenvalue weighted by Crippen LogP contribution is 2.16. The Morgan fingerprint density at radius 3 is 2.73 bits per heavy atom. The molecule has 0 bridgehead atoms. The summed E-state index contributed by atoms with van der Waals surface area (Å²) in [4.78, 5) is 7.38. The second kappa shape index (κ2) is 14.9. The molecule has 1 atom stereocenters. The van der Waals surface area contributed by atoms with E-state index in [-0.39, 0.29) is 24.0 Å². The van der Waals surface area contributed by atoms with Gasteiger partial charge in [-0.3, -0.25) is 9.89 Å². The number of halogens is 1. The number of hydrogen-bond acceptors (Lipinski definition) is 3. The average molecular weight is 442 g/mol. The first kappa shape index (κ1) is 22.3. The zero-order valence-electron chi connectivity index (χ0n) is 14.6. The zero-order chi connectivity index (χ0) is 15.3. The molecule has 0 spiro atoms. The molecule has 1 aliphatic rings. The van der Waals surface area contributed by atoms with Crippen molar-refractivity contribution in [1.82, 2.24) is 15.5 Å². The number of aliphatic imine (C=N–C) groups is 1. The zero-order valence-corrected chi connectivity index (χ0v) is 17.7. The minimum absolute atomic E-state index is 0. The number of likely N-dealkylation sites (N-methyl/N-ethyl adjacent to an activating group) is 1. The van der Waals surface area contributed by atoms with E-state index in [0.717, 1.165) is 32.1 Å². The molecule has 1 unspecified atom stereocenters. The Balaban J connectivity index is 0.00000441. The summed E-state index contributed by atoms with van der Waals surface area (Å²) in [5.41, 5.74) is 0. The van der Waals surface area contributed by atoms with E-state index in [1.165, 1.54) is 44.4 Å². The van der Waals surface area contributed by atoms with Crippen molar-refractivity contribution in [3.05, 3.63) is 0 Å². The average Bonchev–Trinajstić information content (AvgIpc) is 2.52. The molecule has 22 heavy (non-hydrogen) atoms. The van der Waals surface area contributed by atoms with E-state index in [1.807, 2.05) is 11.8 Å². The third-order valence-electron chi connectivity index (χ3n) is 4.03. The molecule has 0 radical (unpaired) electrons. The van der Waals surface area contributed by atoms with Gasteiger partial charge in [-0.15, -0.1) is 24.0 Å². The molecule has 0 aromatic rings. The van der Waals surface area contributed by atoms with Gasteiger partial charge in [0.1, 0.15) is 0 Å². The number of thioether (sulfide) groups is 1. The van der Waals surface area contributed by atoms with Gasteiger partial charge in [0, 0.05) is 19.1 Å². The number of nitrogens with one attached hydrogen (secondary N) is 2. The first-order valence-electron chi connectivity index (χ1n) is 8.57. The van der Waals surface area contributed by atoms with Gasteiger partial charge in [-0.1, -0.05) is 13.3 Å². The molecule has 6 heteroatoms. The highest BCUT2D eigenvalue weighted by molar-refractivity contribution is 14.0. The summed E-state index contributed by atoms with van der Waals surface area (Å²) in [6.45, 7) is 9.66. The molecule has 0 aliphatic carbocycles. The third-order valence-corrected chi connectivity index (χ3v) is 4.72. The molecule has 2 N–H and O–H groups in total. The van der Waals surface area contributed by atoms with E-state index in [4.69, 9.17) is 4.99 Å². The van der Waals surface area contributed by atoms with Crippen molar-refractivity contribution < 1.29 is 0 Å². The van der Waals surface area contributed by atoms with Crippen molar-refractivity contribution in [3.63, 3.8) is 0 Å². The number of rotatable bonds is 9. The van der Waals surface area contributed by atoms with Gasteiger partial charge in [-0.25, -0.2) is 0 Å². The first-order chi connectivity index (χ1) is 10.3. The molecule has 1 rings (SSSR count). The van der Waals surface area contributed by atoms with Gasteiger partial charge in [-0.2, -0.15) is 11.8 Å². The molecule has 132 valence electrons. The van der Waals surface area contributed by atoms with E-state index >= 15 is 0 Å². The Labute approximate surface area is 158 Å². The maximum Gasteiger partial charge on any atom is 0.191 e. The molecule has 1 aliphatic heterocycles. The lowest BCUT2D eigenvalue weighted by molar-refractivity contribution is 0.161. The second-order valence-corrected chi connectivity index (χ2v) is 6.61. The fourth-order valence-corrected chi connectivity index (χ4v) is 3.29. The quantitative estimate of drug-likeness (QED) is 0.249. The first-order valence-corrected chi connectivity index (χ1v) is 9.96. The fourth-order valence-electron chi connectivity index (χ4n) is 2.80. The van der Waals surface area contributed by atoms with Crippen molar-refractivity contribution in [1.29, 1.82) is 0 Å². The molecular formula is C16H35IN4S. The Morgan fingerprint density at radius 1 is 1.23 bits per heavy atom. The number of piperidine rings is 1. The largest absolute Gasteiger partial charge is 0.357 e.